The highest BCUT2D eigenvalue weighted by molar-refractivity contribution is 7.09. The largest absolute Gasteiger partial charge is 0.469 e. The van der Waals surface area contributed by atoms with E-state index >= 15 is 0 Å². The smallest absolute Gasteiger partial charge is 0.409 e. The molecule has 9 nitrogen and oxygen atoms in total. The molecule has 1 aliphatic carbocycles. The van der Waals surface area contributed by atoms with Crippen molar-refractivity contribution in [2.24, 2.45) is 11.8 Å². The van der Waals surface area contributed by atoms with Crippen LogP contribution in [0.15, 0.2) is 84.2 Å². The number of nitrogens with one attached hydrogen (secondary N) is 1. The van der Waals surface area contributed by atoms with Gasteiger partial charge in [-0.1, -0.05) is 99.6 Å². The number of hydrogen-bond acceptors (Lipinski definition) is 8. The van der Waals surface area contributed by atoms with E-state index in [0.717, 1.165) is 5.56 Å². The first-order valence-electron chi connectivity index (χ1n) is 17.7. The second-order valence-electron chi connectivity index (χ2n) is 13.5. The SMILES string of the molecule is CCO[C@H](C[C@H](C(C)C)N(C)C(=O)OCC1c2ccccc2-c2ccccc21)c1nc(C(=O)N[C@@H](Cc2ccccc2)C[C@H](C)C(=O)OC)cs1. The van der Waals surface area contributed by atoms with E-state index in [1.807, 2.05) is 61.5 Å². The highest BCUT2D eigenvalue weighted by atomic mass is 32.1. The van der Waals surface area contributed by atoms with Gasteiger partial charge in [0, 0.05) is 43.5 Å². The summed E-state index contributed by atoms with van der Waals surface area (Å²) >= 11 is 1.36. The van der Waals surface area contributed by atoms with Gasteiger partial charge in [0.05, 0.1) is 13.0 Å². The van der Waals surface area contributed by atoms with Gasteiger partial charge in [-0.05, 0) is 53.5 Å². The van der Waals surface area contributed by atoms with E-state index in [-0.39, 0.29) is 48.1 Å². The highest BCUT2D eigenvalue weighted by Gasteiger charge is 2.33. The molecule has 1 heterocycles. The predicted octanol–water partition coefficient (Wildman–Crippen LogP) is 8.06. The summed E-state index contributed by atoms with van der Waals surface area (Å²) in [5.74, 6) is -0.961. The fourth-order valence-electron chi connectivity index (χ4n) is 6.98. The zero-order valence-electron chi connectivity index (χ0n) is 30.3. The number of hydrogen-bond donors (Lipinski definition) is 1. The van der Waals surface area contributed by atoms with Crippen molar-refractivity contribution in [2.45, 2.75) is 71.1 Å². The molecule has 1 aromatic heterocycles. The fourth-order valence-corrected chi connectivity index (χ4v) is 7.84. The van der Waals surface area contributed by atoms with Gasteiger partial charge in [-0.2, -0.15) is 0 Å². The summed E-state index contributed by atoms with van der Waals surface area (Å²) in [4.78, 5) is 45.7. The number of methoxy groups -OCH3 is 1. The lowest BCUT2D eigenvalue weighted by Crippen LogP contribution is -2.42. The molecule has 10 heteroatoms. The molecular formula is C41H49N3O6S. The molecule has 0 saturated carbocycles. The number of benzene rings is 3. The Morgan fingerprint density at radius 3 is 2.14 bits per heavy atom. The van der Waals surface area contributed by atoms with Gasteiger partial charge in [0.15, 0.2) is 0 Å². The molecular weight excluding hydrogens is 663 g/mol. The number of fused-ring (bicyclic) bond motifs is 3. The number of rotatable bonds is 16. The summed E-state index contributed by atoms with van der Waals surface area (Å²) in [7, 11) is 3.14. The Bertz CT molecular complexity index is 1730. The molecule has 0 unspecified atom stereocenters. The number of carbonyl (C=O) groups excluding carboxylic acids is 3. The topological polar surface area (TPSA) is 107 Å². The second kappa shape index (κ2) is 17.6. The van der Waals surface area contributed by atoms with Crippen molar-refractivity contribution >= 4 is 29.3 Å². The Kier molecular flexibility index (Phi) is 13.0. The number of aromatic nitrogens is 1. The third-order valence-electron chi connectivity index (χ3n) is 9.65. The molecule has 0 spiro atoms. The Labute approximate surface area is 305 Å². The van der Waals surface area contributed by atoms with E-state index in [1.165, 1.54) is 40.7 Å². The summed E-state index contributed by atoms with van der Waals surface area (Å²) in [6.45, 7) is 8.55. The van der Waals surface area contributed by atoms with Crippen LogP contribution in [0.2, 0.25) is 0 Å². The minimum Gasteiger partial charge on any atom is -0.469 e. The van der Waals surface area contributed by atoms with Crippen molar-refractivity contribution in [1.82, 2.24) is 15.2 Å². The summed E-state index contributed by atoms with van der Waals surface area (Å²) in [6, 6.07) is 25.9. The van der Waals surface area contributed by atoms with Gasteiger partial charge in [0.25, 0.3) is 5.91 Å². The van der Waals surface area contributed by atoms with Crippen molar-refractivity contribution in [3.8, 4) is 11.1 Å². The maximum absolute atomic E-state index is 13.6. The number of ether oxygens (including phenoxy) is 3. The van der Waals surface area contributed by atoms with Crippen LogP contribution in [0.3, 0.4) is 0 Å². The lowest BCUT2D eigenvalue weighted by atomic mass is 9.96. The van der Waals surface area contributed by atoms with Crippen LogP contribution in [0, 0.1) is 11.8 Å². The molecule has 1 N–H and O–H groups in total. The minimum absolute atomic E-state index is 0.0284. The van der Waals surface area contributed by atoms with E-state index in [0.29, 0.717) is 30.9 Å². The van der Waals surface area contributed by atoms with Gasteiger partial charge >= 0.3 is 12.1 Å². The van der Waals surface area contributed by atoms with Crippen molar-refractivity contribution in [3.05, 3.63) is 112 Å². The molecule has 0 radical (unpaired) electrons. The first kappa shape index (κ1) is 37.7. The molecule has 0 fully saturated rings. The summed E-state index contributed by atoms with van der Waals surface area (Å²) in [5, 5.41) is 5.50. The number of carbonyl (C=O) groups is 3. The predicted molar refractivity (Wildman–Crippen MR) is 200 cm³/mol. The molecule has 2 amide bonds. The number of nitrogens with zero attached hydrogens (tertiary/aromatic N) is 2. The molecule has 1 aliphatic rings. The molecule has 5 rings (SSSR count). The molecule has 270 valence electrons. The van der Waals surface area contributed by atoms with E-state index in [4.69, 9.17) is 19.2 Å². The van der Waals surface area contributed by atoms with Crippen LogP contribution in [0.5, 0.6) is 0 Å². The van der Waals surface area contributed by atoms with Gasteiger partial charge in [0.1, 0.15) is 23.4 Å². The summed E-state index contributed by atoms with van der Waals surface area (Å²) in [5.41, 5.74) is 6.03. The number of esters is 1. The van der Waals surface area contributed by atoms with Gasteiger partial charge in [-0.15, -0.1) is 11.3 Å². The Morgan fingerprint density at radius 1 is 0.902 bits per heavy atom. The maximum atomic E-state index is 13.6. The minimum atomic E-state index is -0.433. The van der Waals surface area contributed by atoms with Crippen LogP contribution < -0.4 is 5.32 Å². The standard InChI is InChI=1S/C41H49N3O6S/c1-7-49-37(39-43-35(25-51-39)38(45)42-29(21-27(4)40(46)48-6)22-28-15-9-8-10-16-28)23-36(26(2)3)44(5)41(47)50-24-34-32-19-13-11-17-30(32)31-18-12-14-20-33(31)34/h8-20,25-27,29,34,36-37H,7,21-24H2,1-6H3,(H,42,45)/t27-,29+,36+,37+/m0/s1. The quantitative estimate of drug-likeness (QED) is 0.117. The van der Waals surface area contributed by atoms with E-state index in [2.05, 4.69) is 43.4 Å². The molecule has 51 heavy (non-hydrogen) atoms. The average Bonchev–Trinajstić information content (AvgIpc) is 3.76. The lowest BCUT2D eigenvalue weighted by Gasteiger charge is -2.33. The summed E-state index contributed by atoms with van der Waals surface area (Å²) in [6.07, 6.45) is 0.635. The lowest BCUT2D eigenvalue weighted by molar-refractivity contribution is -0.145. The molecule has 4 atom stereocenters. The monoisotopic (exact) mass is 711 g/mol. The number of thiazole rings is 1. The Balaban J connectivity index is 1.25. The zero-order chi connectivity index (χ0) is 36.5. The first-order valence-corrected chi connectivity index (χ1v) is 18.6. The average molecular weight is 712 g/mol. The van der Waals surface area contributed by atoms with Gasteiger partial charge in [-0.3, -0.25) is 9.59 Å². The molecule has 3 aromatic carbocycles. The van der Waals surface area contributed by atoms with E-state index < -0.39 is 18.1 Å². The zero-order valence-corrected chi connectivity index (χ0v) is 31.2. The Morgan fingerprint density at radius 2 is 1.53 bits per heavy atom. The van der Waals surface area contributed by atoms with Gasteiger partial charge in [-0.25, -0.2) is 9.78 Å². The van der Waals surface area contributed by atoms with E-state index in [1.54, 1.807) is 24.3 Å². The molecule has 0 saturated heterocycles. The van der Waals surface area contributed by atoms with Crippen LogP contribution in [-0.2, 0) is 25.4 Å². The van der Waals surface area contributed by atoms with E-state index in [9.17, 15) is 14.4 Å². The third kappa shape index (κ3) is 9.23. The Hall–Kier alpha value is -4.54. The van der Waals surface area contributed by atoms with Crippen LogP contribution in [0.25, 0.3) is 11.1 Å². The van der Waals surface area contributed by atoms with Crippen molar-refractivity contribution in [2.75, 3.05) is 27.4 Å². The highest BCUT2D eigenvalue weighted by Crippen LogP contribution is 2.44. The molecule has 0 aliphatic heterocycles. The second-order valence-corrected chi connectivity index (χ2v) is 14.4. The van der Waals surface area contributed by atoms with Crippen LogP contribution in [-0.4, -0.2) is 67.3 Å². The third-order valence-corrected chi connectivity index (χ3v) is 10.6. The van der Waals surface area contributed by atoms with Crippen molar-refractivity contribution in [1.29, 1.82) is 0 Å². The summed E-state index contributed by atoms with van der Waals surface area (Å²) < 4.78 is 17.1. The van der Waals surface area contributed by atoms with Gasteiger partial charge < -0.3 is 24.4 Å². The van der Waals surface area contributed by atoms with Gasteiger partial charge in [0.2, 0.25) is 0 Å². The molecule has 0 bridgehead atoms. The maximum Gasteiger partial charge on any atom is 0.409 e. The number of amides is 2. The van der Waals surface area contributed by atoms with Crippen LogP contribution in [0.1, 0.15) is 84.7 Å². The van der Waals surface area contributed by atoms with Crippen LogP contribution >= 0.6 is 11.3 Å². The van der Waals surface area contributed by atoms with Crippen molar-refractivity contribution < 1.29 is 28.6 Å². The fraction of sp³-hybridized carbons (Fsp3) is 0.415. The normalized spacial score (nSPS) is 14.6. The molecule has 4 aromatic rings. The first-order chi connectivity index (χ1) is 24.6. The van der Waals surface area contributed by atoms with Crippen LogP contribution in [0.4, 0.5) is 4.79 Å². The van der Waals surface area contributed by atoms with Crippen molar-refractivity contribution in [3.63, 3.8) is 0 Å².